The number of halogens is 3. The molecule has 1 fully saturated rings. The average Bonchev–Trinajstić information content (AvgIpc) is 3.28. The Morgan fingerprint density at radius 3 is 2.65 bits per heavy atom. The van der Waals surface area contributed by atoms with E-state index < -0.39 is 18.1 Å². The number of hydrogen-bond donors (Lipinski definition) is 0. The number of nitrogens with zero attached hydrogens (tertiary/aromatic N) is 2. The van der Waals surface area contributed by atoms with Gasteiger partial charge in [-0.1, -0.05) is 0 Å². The molecule has 1 amide bonds. The molecular formula is C17H17F3N2O3S. The fourth-order valence-corrected chi connectivity index (χ4v) is 3.88. The Bertz CT molecular complexity index is 807. The molecule has 2 heterocycles. The Morgan fingerprint density at radius 2 is 2.00 bits per heavy atom. The lowest BCUT2D eigenvalue weighted by Crippen LogP contribution is -2.40. The van der Waals surface area contributed by atoms with Gasteiger partial charge in [-0.2, -0.15) is 13.2 Å². The summed E-state index contributed by atoms with van der Waals surface area (Å²) in [6.45, 7) is 0.0895. The number of hydrogen-bond acceptors (Lipinski definition) is 5. The standard InChI is InChI=1S/C17H17F3N2O3S/c1-24-13-6-5-10(8-14(13)25-2)15-21-11(9-26-15)12-4-3-7-22(12)16(23)17(18,19)20/h5-6,8-9,12H,3-4,7H2,1-2H3. The van der Waals surface area contributed by atoms with E-state index in [0.717, 1.165) is 10.5 Å². The van der Waals surface area contributed by atoms with Gasteiger partial charge in [0.25, 0.3) is 0 Å². The minimum atomic E-state index is -4.87. The molecule has 0 aliphatic carbocycles. The smallest absolute Gasteiger partial charge is 0.471 e. The number of carbonyl (C=O) groups is 1. The molecule has 3 rings (SSSR count). The molecule has 0 spiro atoms. The second kappa shape index (κ2) is 7.14. The number of amides is 1. The molecule has 1 atom stereocenters. The van der Waals surface area contributed by atoms with Gasteiger partial charge in [0.15, 0.2) is 11.5 Å². The Balaban J connectivity index is 1.87. The van der Waals surface area contributed by atoms with Gasteiger partial charge >= 0.3 is 12.1 Å². The normalized spacial score (nSPS) is 17.4. The van der Waals surface area contributed by atoms with Crippen LogP contribution in [0.4, 0.5) is 13.2 Å². The van der Waals surface area contributed by atoms with Crippen LogP contribution in [0.1, 0.15) is 24.6 Å². The van der Waals surface area contributed by atoms with Crippen molar-refractivity contribution in [2.75, 3.05) is 20.8 Å². The second-order valence-electron chi connectivity index (χ2n) is 5.80. The molecule has 1 aliphatic heterocycles. The highest BCUT2D eigenvalue weighted by Crippen LogP contribution is 2.38. The van der Waals surface area contributed by atoms with E-state index in [1.165, 1.54) is 25.6 Å². The molecule has 1 aliphatic rings. The van der Waals surface area contributed by atoms with Gasteiger partial charge in [0.05, 0.1) is 26.0 Å². The summed E-state index contributed by atoms with van der Waals surface area (Å²) in [5.74, 6) is -0.692. The number of ether oxygens (including phenoxy) is 2. The van der Waals surface area contributed by atoms with Crippen molar-refractivity contribution in [3.05, 3.63) is 29.3 Å². The molecule has 1 aromatic carbocycles. The number of benzene rings is 1. The SMILES string of the molecule is COc1ccc(-c2nc(C3CCCN3C(=O)C(F)(F)F)cs2)cc1OC. The Kier molecular flexibility index (Phi) is 5.08. The predicted octanol–water partition coefficient (Wildman–Crippen LogP) is 4.05. The van der Waals surface area contributed by atoms with E-state index >= 15 is 0 Å². The van der Waals surface area contributed by atoms with Crippen molar-refractivity contribution >= 4 is 17.2 Å². The van der Waals surface area contributed by atoms with E-state index in [0.29, 0.717) is 35.0 Å². The number of carbonyl (C=O) groups excluding carboxylic acids is 1. The summed E-state index contributed by atoms with van der Waals surface area (Å²) in [4.78, 5) is 17.0. The molecule has 0 bridgehead atoms. The van der Waals surface area contributed by atoms with Crippen molar-refractivity contribution < 1.29 is 27.4 Å². The number of rotatable bonds is 4. The highest BCUT2D eigenvalue weighted by Gasteiger charge is 2.46. The van der Waals surface area contributed by atoms with Gasteiger partial charge in [0.1, 0.15) is 5.01 Å². The Labute approximate surface area is 152 Å². The molecule has 0 saturated carbocycles. The van der Waals surface area contributed by atoms with Crippen molar-refractivity contribution in [2.45, 2.75) is 25.1 Å². The molecule has 1 unspecified atom stereocenters. The quantitative estimate of drug-likeness (QED) is 0.795. The number of methoxy groups -OCH3 is 2. The lowest BCUT2D eigenvalue weighted by atomic mass is 10.1. The van der Waals surface area contributed by atoms with Crippen molar-refractivity contribution in [2.24, 2.45) is 0 Å². The predicted molar refractivity (Wildman–Crippen MR) is 90.4 cm³/mol. The third-order valence-corrected chi connectivity index (χ3v) is 5.16. The van der Waals surface area contributed by atoms with Crippen LogP contribution in [0.15, 0.2) is 23.6 Å². The zero-order chi connectivity index (χ0) is 18.9. The fourth-order valence-electron chi connectivity index (χ4n) is 3.02. The largest absolute Gasteiger partial charge is 0.493 e. The van der Waals surface area contributed by atoms with Gasteiger partial charge in [-0.15, -0.1) is 11.3 Å². The first-order chi connectivity index (χ1) is 12.3. The highest BCUT2D eigenvalue weighted by atomic mass is 32.1. The van der Waals surface area contributed by atoms with Crippen molar-refractivity contribution in [1.82, 2.24) is 9.88 Å². The maximum Gasteiger partial charge on any atom is 0.471 e. The van der Waals surface area contributed by atoms with Crippen LogP contribution in [-0.2, 0) is 4.79 Å². The molecule has 0 N–H and O–H groups in total. The number of alkyl halides is 3. The average molecular weight is 386 g/mol. The van der Waals surface area contributed by atoms with Gasteiger partial charge in [-0.25, -0.2) is 4.98 Å². The van der Waals surface area contributed by atoms with Crippen LogP contribution in [0.5, 0.6) is 11.5 Å². The maximum atomic E-state index is 12.8. The zero-order valence-corrected chi connectivity index (χ0v) is 15.0. The summed E-state index contributed by atoms with van der Waals surface area (Å²) in [5.41, 5.74) is 1.25. The summed E-state index contributed by atoms with van der Waals surface area (Å²) in [5, 5.41) is 2.35. The first-order valence-electron chi connectivity index (χ1n) is 7.90. The first kappa shape index (κ1) is 18.5. The van der Waals surface area contributed by atoms with E-state index in [4.69, 9.17) is 9.47 Å². The van der Waals surface area contributed by atoms with Gasteiger partial charge in [0, 0.05) is 17.5 Å². The monoisotopic (exact) mass is 386 g/mol. The van der Waals surface area contributed by atoms with Gasteiger partial charge in [0.2, 0.25) is 0 Å². The molecule has 0 radical (unpaired) electrons. The van der Waals surface area contributed by atoms with Crippen LogP contribution in [-0.4, -0.2) is 42.7 Å². The number of thiazole rings is 1. The van der Waals surface area contributed by atoms with Crippen LogP contribution in [0.2, 0.25) is 0 Å². The summed E-state index contributed by atoms with van der Waals surface area (Å²) in [6.07, 6.45) is -3.88. The van der Waals surface area contributed by atoms with Crippen LogP contribution in [0.3, 0.4) is 0 Å². The summed E-state index contributed by atoms with van der Waals surface area (Å²) in [6, 6.07) is 4.66. The number of aromatic nitrogens is 1. The van der Waals surface area contributed by atoms with E-state index in [2.05, 4.69) is 4.98 Å². The minimum Gasteiger partial charge on any atom is -0.493 e. The summed E-state index contributed by atoms with van der Waals surface area (Å²) < 4.78 is 48.8. The number of likely N-dealkylation sites (tertiary alicyclic amines) is 1. The van der Waals surface area contributed by atoms with E-state index in [1.807, 2.05) is 0 Å². The molecule has 1 saturated heterocycles. The summed E-state index contributed by atoms with van der Waals surface area (Å²) >= 11 is 1.32. The summed E-state index contributed by atoms with van der Waals surface area (Å²) in [7, 11) is 3.05. The van der Waals surface area contributed by atoms with Crippen LogP contribution >= 0.6 is 11.3 Å². The van der Waals surface area contributed by atoms with E-state index in [1.54, 1.807) is 23.6 Å². The Morgan fingerprint density at radius 1 is 1.27 bits per heavy atom. The fraction of sp³-hybridized carbons (Fsp3) is 0.412. The van der Waals surface area contributed by atoms with Crippen molar-refractivity contribution in [3.8, 4) is 22.1 Å². The molecular weight excluding hydrogens is 369 g/mol. The van der Waals surface area contributed by atoms with Crippen LogP contribution < -0.4 is 9.47 Å². The van der Waals surface area contributed by atoms with Crippen molar-refractivity contribution in [3.63, 3.8) is 0 Å². The molecule has 2 aromatic rings. The highest BCUT2D eigenvalue weighted by molar-refractivity contribution is 7.13. The van der Waals surface area contributed by atoms with Crippen molar-refractivity contribution in [1.29, 1.82) is 0 Å². The van der Waals surface area contributed by atoms with Gasteiger partial charge < -0.3 is 14.4 Å². The minimum absolute atomic E-state index is 0.0895. The second-order valence-corrected chi connectivity index (χ2v) is 6.66. The Hall–Kier alpha value is -2.29. The van der Waals surface area contributed by atoms with Gasteiger partial charge in [-0.05, 0) is 31.0 Å². The zero-order valence-electron chi connectivity index (χ0n) is 14.2. The lowest BCUT2D eigenvalue weighted by Gasteiger charge is -2.24. The van der Waals surface area contributed by atoms with Crippen LogP contribution in [0, 0.1) is 0 Å². The molecule has 5 nitrogen and oxygen atoms in total. The van der Waals surface area contributed by atoms with E-state index in [-0.39, 0.29) is 6.54 Å². The van der Waals surface area contributed by atoms with Crippen LogP contribution in [0.25, 0.3) is 10.6 Å². The molecule has 140 valence electrons. The third kappa shape index (κ3) is 3.48. The van der Waals surface area contributed by atoms with E-state index in [9.17, 15) is 18.0 Å². The van der Waals surface area contributed by atoms with Gasteiger partial charge in [-0.3, -0.25) is 4.79 Å². The molecule has 9 heteroatoms. The maximum absolute atomic E-state index is 12.8. The molecule has 1 aromatic heterocycles. The lowest BCUT2D eigenvalue weighted by molar-refractivity contribution is -0.186. The third-order valence-electron chi connectivity index (χ3n) is 4.25. The first-order valence-corrected chi connectivity index (χ1v) is 8.78. The molecule has 26 heavy (non-hydrogen) atoms. The topological polar surface area (TPSA) is 51.7 Å².